The van der Waals surface area contributed by atoms with Crippen LogP contribution >= 0.6 is 0 Å². The summed E-state index contributed by atoms with van der Waals surface area (Å²) >= 11 is 0. The zero-order chi connectivity index (χ0) is 14.5. The first-order valence-corrected chi connectivity index (χ1v) is 7.57. The van der Waals surface area contributed by atoms with Gasteiger partial charge in [-0.1, -0.05) is 23.8 Å². The number of carbonyl (C=O) groups excluding carboxylic acids is 1. The van der Waals surface area contributed by atoms with E-state index in [1.807, 2.05) is 26.1 Å². The second-order valence-corrected chi connectivity index (χ2v) is 6.04. The van der Waals surface area contributed by atoms with Gasteiger partial charge in [-0.05, 0) is 58.3 Å². The molecule has 0 saturated carbocycles. The van der Waals surface area contributed by atoms with Crippen LogP contribution in [0.15, 0.2) is 18.2 Å². The molecule has 0 aliphatic carbocycles. The van der Waals surface area contributed by atoms with Crippen molar-refractivity contribution in [2.24, 2.45) is 5.92 Å². The normalized spacial score (nSPS) is 20.1. The molecule has 1 saturated heterocycles. The molecule has 1 heterocycles. The molecule has 1 unspecified atom stereocenters. The van der Waals surface area contributed by atoms with Crippen molar-refractivity contribution in [3.05, 3.63) is 34.9 Å². The molecular weight excluding hydrogens is 248 g/mol. The van der Waals surface area contributed by atoms with Gasteiger partial charge in [-0.3, -0.25) is 9.69 Å². The summed E-state index contributed by atoms with van der Waals surface area (Å²) in [6, 6.07) is 6.09. The molecule has 3 heteroatoms. The first-order valence-electron chi connectivity index (χ1n) is 7.57. The maximum Gasteiger partial charge on any atom is 0.177 e. The van der Waals surface area contributed by atoms with E-state index in [0.29, 0.717) is 12.5 Å². The number of nitrogens with one attached hydrogen (secondary N) is 1. The summed E-state index contributed by atoms with van der Waals surface area (Å²) in [6.45, 7) is 7.79. The Morgan fingerprint density at radius 1 is 1.40 bits per heavy atom. The highest BCUT2D eigenvalue weighted by Gasteiger charge is 2.22. The molecule has 0 radical (unpaired) electrons. The van der Waals surface area contributed by atoms with Crippen LogP contribution in [0.2, 0.25) is 0 Å². The third-order valence-corrected chi connectivity index (χ3v) is 4.15. The van der Waals surface area contributed by atoms with Crippen molar-refractivity contribution in [2.45, 2.75) is 26.7 Å². The number of Topliss-reactive ketones (excluding diaryl/α,β-unsaturated/α-hetero) is 1. The average Bonchev–Trinajstić information content (AvgIpc) is 2.39. The highest BCUT2D eigenvalue weighted by Crippen LogP contribution is 2.17. The molecule has 0 spiro atoms. The Balaban J connectivity index is 1.97. The number of ketones is 1. The van der Waals surface area contributed by atoms with Crippen LogP contribution in [-0.2, 0) is 0 Å². The highest BCUT2D eigenvalue weighted by molar-refractivity contribution is 5.98. The van der Waals surface area contributed by atoms with Crippen molar-refractivity contribution >= 4 is 5.78 Å². The molecule has 1 N–H and O–H groups in total. The molecule has 1 atom stereocenters. The van der Waals surface area contributed by atoms with Gasteiger partial charge in [0.15, 0.2) is 5.78 Å². The zero-order valence-corrected chi connectivity index (χ0v) is 12.9. The molecule has 1 fully saturated rings. The van der Waals surface area contributed by atoms with Crippen LogP contribution in [0.4, 0.5) is 0 Å². The molecule has 2 rings (SSSR count). The van der Waals surface area contributed by atoms with Crippen LogP contribution in [0.3, 0.4) is 0 Å². The summed E-state index contributed by atoms with van der Waals surface area (Å²) in [5.74, 6) is 0.938. The third-order valence-electron chi connectivity index (χ3n) is 4.15. The minimum Gasteiger partial charge on any atom is -0.319 e. The van der Waals surface area contributed by atoms with E-state index in [1.165, 1.54) is 18.4 Å². The van der Waals surface area contributed by atoms with Crippen LogP contribution in [0.25, 0.3) is 0 Å². The smallest absolute Gasteiger partial charge is 0.177 e. The molecule has 0 aromatic heterocycles. The van der Waals surface area contributed by atoms with E-state index in [-0.39, 0.29) is 5.78 Å². The van der Waals surface area contributed by atoms with E-state index in [4.69, 9.17) is 0 Å². The van der Waals surface area contributed by atoms with Crippen molar-refractivity contribution in [1.29, 1.82) is 0 Å². The average molecular weight is 274 g/mol. The maximum absolute atomic E-state index is 12.5. The lowest BCUT2D eigenvalue weighted by Gasteiger charge is -2.32. The van der Waals surface area contributed by atoms with Crippen molar-refractivity contribution in [3.8, 4) is 0 Å². The standard InChI is InChI=1S/C17H26N2O/c1-13-6-7-16(14(2)9-13)17(20)12-19-8-4-5-15(11-19)10-18-3/h6-7,9,15,18H,4-5,8,10-12H2,1-3H3. The fourth-order valence-electron chi connectivity index (χ4n) is 3.16. The van der Waals surface area contributed by atoms with Gasteiger partial charge >= 0.3 is 0 Å². The van der Waals surface area contributed by atoms with E-state index in [0.717, 1.165) is 30.8 Å². The minimum atomic E-state index is 0.257. The lowest BCUT2D eigenvalue weighted by molar-refractivity contribution is 0.0886. The predicted molar refractivity (Wildman–Crippen MR) is 83.3 cm³/mol. The number of aryl methyl sites for hydroxylation is 2. The topological polar surface area (TPSA) is 32.3 Å². The SMILES string of the molecule is CNCC1CCCN(CC(=O)c2ccc(C)cc2C)C1. The van der Waals surface area contributed by atoms with Gasteiger partial charge in [-0.25, -0.2) is 0 Å². The molecule has 1 aliphatic heterocycles. The van der Waals surface area contributed by atoms with Crippen LogP contribution in [0, 0.1) is 19.8 Å². The summed E-state index contributed by atoms with van der Waals surface area (Å²) in [4.78, 5) is 14.8. The summed E-state index contributed by atoms with van der Waals surface area (Å²) in [7, 11) is 2.00. The molecule has 0 amide bonds. The Morgan fingerprint density at radius 2 is 2.20 bits per heavy atom. The predicted octanol–water partition coefficient (Wildman–Crippen LogP) is 2.42. The van der Waals surface area contributed by atoms with E-state index in [2.05, 4.69) is 23.2 Å². The Labute approximate surface area is 122 Å². The number of piperidine rings is 1. The first-order chi connectivity index (χ1) is 9.60. The summed E-state index contributed by atoms with van der Waals surface area (Å²) < 4.78 is 0. The van der Waals surface area contributed by atoms with Gasteiger partial charge in [-0.15, -0.1) is 0 Å². The number of likely N-dealkylation sites (tertiary alicyclic amines) is 1. The lowest BCUT2D eigenvalue weighted by atomic mass is 9.96. The van der Waals surface area contributed by atoms with Crippen LogP contribution in [0.5, 0.6) is 0 Å². The second-order valence-electron chi connectivity index (χ2n) is 6.04. The summed E-state index contributed by atoms with van der Waals surface area (Å²) in [5.41, 5.74) is 3.19. The van der Waals surface area contributed by atoms with Crippen molar-refractivity contribution in [2.75, 3.05) is 33.2 Å². The fraction of sp³-hybridized carbons (Fsp3) is 0.588. The van der Waals surface area contributed by atoms with Gasteiger partial charge in [0.2, 0.25) is 0 Å². The number of carbonyl (C=O) groups is 1. The Hall–Kier alpha value is -1.19. The molecular formula is C17H26N2O. The molecule has 110 valence electrons. The largest absolute Gasteiger partial charge is 0.319 e. The van der Waals surface area contributed by atoms with Gasteiger partial charge < -0.3 is 5.32 Å². The van der Waals surface area contributed by atoms with Gasteiger partial charge in [0, 0.05) is 12.1 Å². The Bertz CT molecular complexity index is 468. The lowest BCUT2D eigenvalue weighted by Crippen LogP contribution is -2.41. The van der Waals surface area contributed by atoms with Gasteiger partial charge in [-0.2, -0.15) is 0 Å². The highest BCUT2D eigenvalue weighted by atomic mass is 16.1. The van der Waals surface area contributed by atoms with Crippen LogP contribution in [0.1, 0.15) is 34.3 Å². The number of hydrogen-bond donors (Lipinski definition) is 1. The third kappa shape index (κ3) is 3.90. The van der Waals surface area contributed by atoms with Gasteiger partial charge in [0.05, 0.1) is 6.54 Å². The van der Waals surface area contributed by atoms with Crippen LogP contribution < -0.4 is 5.32 Å². The molecule has 20 heavy (non-hydrogen) atoms. The van der Waals surface area contributed by atoms with Crippen molar-refractivity contribution < 1.29 is 4.79 Å². The van der Waals surface area contributed by atoms with E-state index < -0.39 is 0 Å². The summed E-state index contributed by atoms with van der Waals surface area (Å²) in [5, 5.41) is 3.25. The van der Waals surface area contributed by atoms with Gasteiger partial charge in [0.25, 0.3) is 0 Å². The number of nitrogens with zero attached hydrogens (tertiary/aromatic N) is 1. The van der Waals surface area contributed by atoms with Gasteiger partial charge in [0.1, 0.15) is 0 Å². The number of hydrogen-bond acceptors (Lipinski definition) is 3. The second kappa shape index (κ2) is 7.00. The molecule has 1 aliphatic rings. The Morgan fingerprint density at radius 3 is 2.90 bits per heavy atom. The van der Waals surface area contributed by atoms with Crippen molar-refractivity contribution in [1.82, 2.24) is 10.2 Å². The van der Waals surface area contributed by atoms with E-state index in [9.17, 15) is 4.79 Å². The molecule has 1 aromatic carbocycles. The maximum atomic E-state index is 12.5. The zero-order valence-electron chi connectivity index (χ0n) is 12.9. The fourth-order valence-corrected chi connectivity index (χ4v) is 3.16. The Kier molecular flexibility index (Phi) is 5.32. The van der Waals surface area contributed by atoms with E-state index in [1.54, 1.807) is 0 Å². The molecule has 0 bridgehead atoms. The van der Waals surface area contributed by atoms with Crippen molar-refractivity contribution in [3.63, 3.8) is 0 Å². The molecule has 3 nitrogen and oxygen atoms in total. The first kappa shape index (κ1) is 15.2. The quantitative estimate of drug-likeness (QED) is 0.837. The summed E-state index contributed by atoms with van der Waals surface area (Å²) in [6.07, 6.45) is 2.47. The van der Waals surface area contributed by atoms with E-state index >= 15 is 0 Å². The number of benzene rings is 1. The number of rotatable bonds is 5. The monoisotopic (exact) mass is 274 g/mol. The minimum absolute atomic E-state index is 0.257. The van der Waals surface area contributed by atoms with Crippen LogP contribution in [-0.4, -0.2) is 43.9 Å². The molecule has 1 aromatic rings.